The van der Waals surface area contributed by atoms with Gasteiger partial charge in [-0.2, -0.15) is 5.26 Å². The van der Waals surface area contributed by atoms with Crippen LogP contribution in [0.4, 0.5) is 0 Å². The van der Waals surface area contributed by atoms with Gasteiger partial charge in [0.1, 0.15) is 17.1 Å². The van der Waals surface area contributed by atoms with Gasteiger partial charge >= 0.3 is 0 Å². The monoisotopic (exact) mass is 845 g/mol. The Hall–Kier alpha value is -3.09. The van der Waals surface area contributed by atoms with E-state index in [9.17, 15) is 14.9 Å². The first-order valence-electron chi connectivity index (χ1n) is 22.7. The lowest BCUT2D eigenvalue weighted by atomic mass is 9.73. The van der Waals surface area contributed by atoms with Crippen molar-refractivity contribution in [3.8, 4) is 6.07 Å². The molecule has 12 nitrogen and oxygen atoms in total. The summed E-state index contributed by atoms with van der Waals surface area (Å²) in [4.78, 5) is 28.9. The number of nitriles is 1. The summed E-state index contributed by atoms with van der Waals surface area (Å²) in [6, 6.07) is 23.8. The van der Waals surface area contributed by atoms with Crippen molar-refractivity contribution in [1.29, 1.82) is 5.26 Å². The number of hydrogen-bond donors (Lipinski definition) is 0. The maximum absolute atomic E-state index is 11.4. The number of hydrogen-bond acceptors (Lipinski definition) is 12. The predicted molar refractivity (Wildman–Crippen MR) is 233 cm³/mol. The Bertz CT molecular complexity index is 1700. The van der Waals surface area contributed by atoms with Gasteiger partial charge in [0.25, 0.3) is 0 Å². The Morgan fingerprint density at radius 1 is 0.426 bits per heavy atom. The highest BCUT2D eigenvalue weighted by Crippen LogP contribution is 2.47. The van der Waals surface area contributed by atoms with E-state index in [1.54, 1.807) is 0 Å². The van der Waals surface area contributed by atoms with E-state index < -0.39 is 0 Å². The topological polar surface area (TPSA) is 123 Å². The maximum Gasteiger partial charge on any atom is 0.169 e. The van der Waals surface area contributed by atoms with Crippen LogP contribution in [0.3, 0.4) is 0 Å². The summed E-state index contributed by atoms with van der Waals surface area (Å²) in [5, 5.41) is 9.27. The minimum absolute atomic E-state index is 0.0647. The number of carbonyl (C=O) groups is 2. The molecule has 3 saturated heterocycles. The van der Waals surface area contributed by atoms with Crippen molar-refractivity contribution < 1.29 is 38.0 Å². The Labute approximate surface area is 365 Å². The van der Waals surface area contributed by atoms with Gasteiger partial charge in [0.2, 0.25) is 0 Å². The van der Waals surface area contributed by atoms with Gasteiger partial charge in [0.05, 0.1) is 45.7 Å². The van der Waals surface area contributed by atoms with E-state index >= 15 is 0 Å². The molecule has 3 heterocycles. The molecule has 7 aliphatic rings. The molecule has 0 atom stereocenters. The van der Waals surface area contributed by atoms with Gasteiger partial charge in [-0.3, -0.25) is 24.3 Å². The molecule has 7 fully saturated rings. The molecule has 9 rings (SSSR count). The molecule has 0 radical (unpaired) electrons. The zero-order valence-corrected chi connectivity index (χ0v) is 37.9. The van der Waals surface area contributed by atoms with Crippen molar-refractivity contribution in [3.63, 3.8) is 0 Å². The normalized spacial score (nSPS) is 26.9. The summed E-state index contributed by atoms with van der Waals surface area (Å²) in [6.45, 7) is 4.27. The number of ether oxygens (including phenoxy) is 6. The second kappa shape index (κ2) is 20.6. The van der Waals surface area contributed by atoms with Gasteiger partial charge in [0.15, 0.2) is 17.4 Å². The van der Waals surface area contributed by atoms with Gasteiger partial charge in [0, 0.05) is 75.3 Å². The highest BCUT2D eigenvalue weighted by molar-refractivity contribution is 5.80. The van der Waals surface area contributed by atoms with E-state index in [1.807, 2.05) is 25.1 Å². The third-order valence-electron chi connectivity index (χ3n) is 14.7. The smallest absolute Gasteiger partial charge is 0.169 e. The van der Waals surface area contributed by atoms with E-state index in [0.717, 1.165) is 90.3 Å². The molecular formula is C49H72N4O8. The number of nitrogens with zero attached hydrogens (tertiary/aromatic N) is 4. The van der Waals surface area contributed by atoms with Crippen molar-refractivity contribution >= 4 is 11.6 Å². The predicted octanol–water partition coefficient (Wildman–Crippen LogP) is 7.35. The van der Waals surface area contributed by atoms with Crippen molar-refractivity contribution in [2.75, 3.05) is 81.9 Å². The first-order chi connectivity index (χ1) is 29.3. The van der Waals surface area contributed by atoms with E-state index in [0.29, 0.717) is 63.7 Å². The number of ketones is 2. The molecule has 3 aliphatic heterocycles. The zero-order valence-electron chi connectivity index (χ0n) is 37.9. The number of rotatable bonds is 5. The minimum Gasteiger partial charge on any atom is -0.348 e. The first kappa shape index (κ1) is 47.4. The van der Waals surface area contributed by atoms with Crippen LogP contribution in [0.1, 0.15) is 114 Å². The van der Waals surface area contributed by atoms with Crippen LogP contribution < -0.4 is 0 Å². The van der Waals surface area contributed by atoms with Gasteiger partial charge in [-0.05, 0) is 91.9 Å². The number of Topliss-reactive ketones (excluding diaryl/α,β-unsaturated/α-hetero) is 2. The van der Waals surface area contributed by atoms with Crippen molar-refractivity contribution in [1.82, 2.24) is 14.7 Å². The SMILES string of the molecule is CN(C)C1(C#N)CCC2(CC1)OCCO2.CN(C)C1(c2ccccc2)CCC(=O)CC1.CN(C)C1(c2ccccc2)CCC2(CC1)OCCO2.O=C1CCC2(CC1)OCCO2. The van der Waals surface area contributed by atoms with Crippen LogP contribution in [0.5, 0.6) is 0 Å². The number of benzene rings is 2. The highest BCUT2D eigenvalue weighted by atomic mass is 16.7. The summed E-state index contributed by atoms with van der Waals surface area (Å²) in [6.07, 6.45) is 13.6. The lowest BCUT2D eigenvalue weighted by Crippen LogP contribution is -2.50. The van der Waals surface area contributed by atoms with E-state index in [2.05, 4.69) is 98.7 Å². The van der Waals surface area contributed by atoms with Gasteiger partial charge in [-0.15, -0.1) is 0 Å². The van der Waals surface area contributed by atoms with Crippen LogP contribution in [0.2, 0.25) is 0 Å². The molecule has 61 heavy (non-hydrogen) atoms. The van der Waals surface area contributed by atoms with Gasteiger partial charge in [-0.1, -0.05) is 60.7 Å². The van der Waals surface area contributed by atoms with Crippen LogP contribution in [-0.4, -0.2) is 131 Å². The van der Waals surface area contributed by atoms with Gasteiger partial charge < -0.3 is 28.4 Å². The van der Waals surface area contributed by atoms with Crippen LogP contribution in [0.15, 0.2) is 60.7 Å². The second-order valence-corrected chi connectivity index (χ2v) is 18.5. The Morgan fingerprint density at radius 3 is 1.07 bits per heavy atom. The lowest BCUT2D eigenvalue weighted by molar-refractivity contribution is -0.193. The van der Waals surface area contributed by atoms with Crippen LogP contribution >= 0.6 is 0 Å². The summed E-state index contributed by atoms with van der Waals surface area (Å²) in [5.74, 6) is -0.262. The van der Waals surface area contributed by atoms with Crippen molar-refractivity contribution in [2.24, 2.45) is 0 Å². The zero-order chi connectivity index (χ0) is 43.6. The average Bonchev–Trinajstić information content (AvgIpc) is 4.07. The molecule has 0 bridgehead atoms. The Balaban J connectivity index is 0.000000138. The standard InChI is InChI=1S/C16H23NO2.C14H19NO.C11H18N2O2.C8H12O3/c1-17(2)15(14-6-4-3-5-7-14)8-10-16(11-9-15)18-12-13-19-16;1-15(2)14(10-8-13(16)9-11-14)12-6-4-3-5-7-12;1-13(2)10(9-12)3-5-11(6-4-10)14-7-8-15-11;9-7-1-3-8(4-2-7)10-5-6-11-8/h3-7H,8-13H2,1-2H3;3-7H,8-11H2,1-2H3;3-8H2,1-2H3;1-6H2. The van der Waals surface area contributed by atoms with Crippen LogP contribution in [0.25, 0.3) is 0 Å². The highest BCUT2D eigenvalue weighted by Gasteiger charge is 2.49. The quantitative estimate of drug-likeness (QED) is 0.299. The molecule has 3 spiro atoms. The summed E-state index contributed by atoms with van der Waals surface area (Å²) < 4.78 is 33.9. The molecule has 4 aliphatic carbocycles. The maximum atomic E-state index is 11.4. The number of carbonyl (C=O) groups excluding carboxylic acids is 2. The second-order valence-electron chi connectivity index (χ2n) is 18.5. The molecule has 336 valence electrons. The summed E-state index contributed by atoms with van der Waals surface area (Å²) >= 11 is 0. The summed E-state index contributed by atoms with van der Waals surface area (Å²) in [5.41, 5.74) is 2.62. The fourth-order valence-electron chi connectivity index (χ4n) is 10.4. The average molecular weight is 845 g/mol. The van der Waals surface area contributed by atoms with E-state index in [4.69, 9.17) is 28.4 Å². The first-order valence-corrected chi connectivity index (χ1v) is 22.7. The third-order valence-corrected chi connectivity index (χ3v) is 14.7. The fourth-order valence-corrected chi connectivity index (χ4v) is 10.4. The third kappa shape index (κ3) is 11.0. The van der Waals surface area contributed by atoms with Crippen LogP contribution in [-0.2, 0) is 49.1 Å². The molecule has 2 aromatic carbocycles. The van der Waals surface area contributed by atoms with E-state index in [-0.39, 0.29) is 34.0 Å². The van der Waals surface area contributed by atoms with Crippen molar-refractivity contribution in [3.05, 3.63) is 71.8 Å². The molecule has 0 N–H and O–H groups in total. The molecule has 12 heteroatoms. The Kier molecular flexibility index (Phi) is 16.0. The van der Waals surface area contributed by atoms with Gasteiger partial charge in [-0.25, -0.2) is 0 Å². The van der Waals surface area contributed by atoms with E-state index in [1.165, 1.54) is 11.1 Å². The molecular weight excluding hydrogens is 773 g/mol. The molecule has 0 unspecified atom stereocenters. The van der Waals surface area contributed by atoms with Crippen molar-refractivity contribution in [2.45, 2.75) is 137 Å². The molecule has 2 aromatic rings. The summed E-state index contributed by atoms with van der Waals surface area (Å²) in [7, 11) is 12.5. The fraction of sp³-hybridized carbons (Fsp3) is 0.694. The lowest BCUT2D eigenvalue weighted by Gasteiger charge is -2.48. The largest absolute Gasteiger partial charge is 0.348 e. The molecule has 0 aromatic heterocycles. The Morgan fingerprint density at radius 2 is 0.738 bits per heavy atom. The molecule has 0 amide bonds. The van der Waals surface area contributed by atoms with Crippen LogP contribution in [0, 0.1) is 11.3 Å². The molecule has 4 saturated carbocycles. The minimum atomic E-state index is -0.367.